The summed E-state index contributed by atoms with van der Waals surface area (Å²) in [4.78, 5) is 22.6. The molecule has 0 spiro atoms. The number of hydrogen-bond acceptors (Lipinski definition) is 5. The van der Waals surface area contributed by atoms with Crippen LogP contribution in [0.3, 0.4) is 0 Å². The molecule has 22 heavy (non-hydrogen) atoms. The summed E-state index contributed by atoms with van der Waals surface area (Å²) in [6.45, 7) is 1.98. The molecule has 6 heteroatoms. The number of rotatable bonds is 4. The van der Waals surface area contributed by atoms with Crippen molar-refractivity contribution < 1.29 is 9.21 Å². The standard InChI is InChI=1S/C16H15N3O2S/c1-11(12-5-7-17-8-6-12)19(2)16(20)13-10-22-15(18-13)14-4-3-9-21-14/h3-11H,1-2H3/t11-/m1/s1. The van der Waals surface area contributed by atoms with Crippen LogP contribution in [-0.4, -0.2) is 27.8 Å². The van der Waals surface area contributed by atoms with E-state index in [1.54, 1.807) is 42.1 Å². The van der Waals surface area contributed by atoms with Crippen LogP contribution in [0.15, 0.2) is 52.7 Å². The number of pyridine rings is 1. The Bertz CT molecular complexity index is 753. The Hall–Kier alpha value is -2.47. The average molecular weight is 313 g/mol. The maximum absolute atomic E-state index is 12.6. The second kappa shape index (κ2) is 6.11. The first-order valence-electron chi connectivity index (χ1n) is 6.83. The predicted octanol–water partition coefficient (Wildman–Crippen LogP) is 3.63. The van der Waals surface area contributed by atoms with Crippen molar-refractivity contribution in [3.63, 3.8) is 0 Å². The summed E-state index contributed by atoms with van der Waals surface area (Å²) in [5.74, 6) is 0.562. The third-order valence-electron chi connectivity index (χ3n) is 3.55. The van der Waals surface area contributed by atoms with Gasteiger partial charge in [-0.1, -0.05) is 0 Å². The summed E-state index contributed by atoms with van der Waals surface area (Å²) in [5.41, 5.74) is 1.46. The SMILES string of the molecule is C[C@H](c1ccncc1)N(C)C(=O)c1csc(-c2ccco2)n1. The number of aromatic nitrogens is 2. The molecular weight excluding hydrogens is 298 g/mol. The molecule has 0 radical (unpaired) electrons. The molecule has 0 unspecified atom stereocenters. The van der Waals surface area contributed by atoms with E-state index < -0.39 is 0 Å². The minimum Gasteiger partial charge on any atom is -0.462 e. The zero-order chi connectivity index (χ0) is 15.5. The molecule has 3 rings (SSSR count). The van der Waals surface area contributed by atoms with Crippen molar-refractivity contribution in [2.24, 2.45) is 0 Å². The maximum Gasteiger partial charge on any atom is 0.273 e. The Balaban J connectivity index is 1.79. The van der Waals surface area contributed by atoms with Crippen LogP contribution in [0.25, 0.3) is 10.8 Å². The molecule has 0 saturated heterocycles. The van der Waals surface area contributed by atoms with Gasteiger partial charge in [0.15, 0.2) is 10.8 Å². The molecule has 0 aliphatic heterocycles. The molecule has 0 aromatic carbocycles. The van der Waals surface area contributed by atoms with Crippen molar-refractivity contribution in [3.05, 3.63) is 59.6 Å². The van der Waals surface area contributed by atoms with E-state index in [0.717, 1.165) is 5.56 Å². The van der Waals surface area contributed by atoms with Crippen LogP contribution >= 0.6 is 11.3 Å². The summed E-state index contributed by atoms with van der Waals surface area (Å²) < 4.78 is 5.31. The lowest BCUT2D eigenvalue weighted by atomic mass is 10.1. The first-order valence-corrected chi connectivity index (χ1v) is 7.71. The van der Waals surface area contributed by atoms with Crippen LogP contribution in [0.4, 0.5) is 0 Å². The predicted molar refractivity (Wildman–Crippen MR) is 84.6 cm³/mol. The molecular formula is C16H15N3O2S. The molecule has 3 heterocycles. The first kappa shape index (κ1) is 14.5. The van der Waals surface area contributed by atoms with Gasteiger partial charge in [-0.15, -0.1) is 11.3 Å². The normalized spacial score (nSPS) is 12.1. The number of carbonyl (C=O) groups excluding carboxylic acids is 1. The van der Waals surface area contributed by atoms with Gasteiger partial charge in [-0.3, -0.25) is 9.78 Å². The Morgan fingerprint density at radius 3 is 2.77 bits per heavy atom. The minimum atomic E-state index is -0.113. The van der Waals surface area contributed by atoms with E-state index in [0.29, 0.717) is 16.5 Å². The smallest absolute Gasteiger partial charge is 0.273 e. The topological polar surface area (TPSA) is 59.2 Å². The van der Waals surface area contributed by atoms with Gasteiger partial charge in [0, 0.05) is 24.8 Å². The van der Waals surface area contributed by atoms with Gasteiger partial charge in [0.2, 0.25) is 0 Å². The van der Waals surface area contributed by atoms with Crippen LogP contribution in [-0.2, 0) is 0 Å². The summed E-state index contributed by atoms with van der Waals surface area (Å²) in [7, 11) is 1.78. The second-order valence-corrected chi connectivity index (χ2v) is 5.75. The van der Waals surface area contributed by atoms with Gasteiger partial charge in [0.25, 0.3) is 5.91 Å². The van der Waals surface area contributed by atoms with Gasteiger partial charge in [-0.25, -0.2) is 4.98 Å². The third-order valence-corrected chi connectivity index (χ3v) is 4.40. The zero-order valence-electron chi connectivity index (χ0n) is 12.3. The summed E-state index contributed by atoms with van der Waals surface area (Å²) in [5, 5.41) is 2.47. The van der Waals surface area contributed by atoms with Gasteiger partial charge < -0.3 is 9.32 Å². The van der Waals surface area contributed by atoms with E-state index in [1.165, 1.54) is 11.3 Å². The fourth-order valence-electron chi connectivity index (χ4n) is 2.11. The quantitative estimate of drug-likeness (QED) is 0.738. The molecule has 0 N–H and O–H groups in total. The first-order chi connectivity index (χ1) is 10.7. The van der Waals surface area contributed by atoms with Crippen LogP contribution in [0.1, 0.15) is 29.0 Å². The van der Waals surface area contributed by atoms with Crippen molar-refractivity contribution >= 4 is 17.2 Å². The molecule has 0 aliphatic rings. The molecule has 0 saturated carbocycles. The second-order valence-electron chi connectivity index (χ2n) is 4.89. The number of hydrogen-bond donors (Lipinski definition) is 0. The highest BCUT2D eigenvalue weighted by Crippen LogP contribution is 2.26. The highest BCUT2D eigenvalue weighted by Gasteiger charge is 2.21. The van der Waals surface area contributed by atoms with Crippen LogP contribution in [0.5, 0.6) is 0 Å². The molecule has 1 amide bonds. The van der Waals surface area contributed by atoms with E-state index >= 15 is 0 Å². The third kappa shape index (κ3) is 2.78. The minimum absolute atomic E-state index is 0.0516. The Labute approximate surface area is 132 Å². The van der Waals surface area contributed by atoms with Crippen molar-refractivity contribution in [2.75, 3.05) is 7.05 Å². The van der Waals surface area contributed by atoms with E-state index in [-0.39, 0.29) is 11.9 Å². The van der Waals surface area contributed by atoms with Gasteiger partial charge in [0.1, 0.15) is 5.69 Å². The monoisotopic (exact) mass is 313 g/mol. The lowest BCUT2D eigenvalue weighted by Crippen LogP contribution is -2.29. The Morgan fingerprint density at radius 1 is 1.32 bits per heavy atom. The number of amides is 1. The maximum atomic E-state index is 12.6. The van der Waals surface area contributed by atoms with Crippen molar-refractivity contribution in [2.45, 2.75) is 13.0 Å². The summed E-state index contributed by atoms with van der Waals surface area (Å²) in [6, 6.07) is 7.39. The highest BCUT2D eigenvalue weighted by atomic mass is 32.1. The lowest BCUT2D eigenvalue weighted by Gasteiger charge is -2.24. The van der Waals surface area contributed by atoms with Gasteiger partial charge in [-0.2, -0.15) is 0 Å². The molecule has 3 aromatic heterocycles. The Kier molecular flexibility index (Phi) is 4.02. The van der Waals surface area contributed by atoms with Crippen molar-refractivity contribution in [1.82, 2.24) is 14.9 Å². The van der Waals surface area contributed by atoms with Crippen molar-refractivity contribution in [1.29, 1.82) is 0 Å². The van der Waals surface area contributed by atoms with Crippen LogP contribution < -0.4 is 0 Å². The van der Waals surface area contributed by atoms with E-state index in [2.05, 4.69) is 9.97 Å². The Morgan fingerprint density at radius 2 is 2.09 bits per heavy atom. The number of furan rings is 1. The fraction of sp³-hybridized carbons (Fsp3) is 0.188. The average Bonchev–Trinajstić information content (AvgIpc) is 3.24. The number of thiazole rings is 1. The largest absolute Gasteiger partial charge is 0.462 e. The lowest BCUT2D eigenvalue weighted by molar-refractivity contribution is 0.0737. The molecule has 0 aliphatic carbocycles. The molecule has 1 atom stereocenters. The van der Waals surface area contributed by atoms with Crippen LogP contribution in [0.2, 0.25) is 0 Å². The van der Waals surface area contributed by atoms with E-state index in [4.69, 9.17) is 4.42 Å². The van der Waals surface area contributed by atoms with E-state index in [9.17, 15) is 4.79 Å². The summed E-state index contributed by atoms with van der Waals surface area (Å²) in [6.07, 6.45) is 5.04. The van der Waals surface area contributed by atoms with Gasteiger partial charge in [-0.05, 0) is 36.8 Å². The molecule has 0 bridgehead atoms. The highest BCUT2D eigenvalue weighted by molar-refractivity contribution is 7.13. The molecule has 5 nitrogen and oxygen atoms in total. The molecule has 112 valence electrons. The molecule has 0 fully saturated rings. The number of carbonyl (C=O) groups is 1. The van der Waals surface area contributed by atoms with E-state index in [1.807, 2.05) is 25.1 Å². The summed E-state index contributed by atoms with van der Waals surface area (Å²) >= 11 is 1.40. The van der Waals surface area contributed by atoms with Crippen molar-refractivity contribution in [3.8, 4) is 10.8 Å². The fourth-order valence-corrected chi connectivity index (χ4v) is 2.87. The van der Waals surface area contributed by atoms with Crippen LogP contribution in [0, 0.1) is 0 Å². The number of nitrogens with zero attached hydrogens (tertiary/aromatic N) is 3. The molecule has 3 aromatic rings. The van der Waals surface area contributed by atoms with Gasteiger partial charge >= 0.3 is 0 Å². The van der Waals surface area contributed by atoms with Gasteiger partial charge in [0.05, 0.1) is 12.3 Å². The zero-order valence-corrected chi connectivity index (χ0v) is 13.1.